The topological polar surface area (TPSA) is 45.0 Å². The standard InChI is InChI=1S/C22H30N2OSSi/c1-22(2,3)27(20-11-7-5-8-12-20,21-13-9-6-10-14-21)25-17-19(24-18-23)15-16-26-4/h5-14,19,24H,15-17H2,1-4H3/t19-/m0/s1. The maximum absolute atomic E-state index is 9.15. The molecular weight excluding hydrogens is 368 g/mol. The van der Waals surface area contributed by atoms with E-state index in [2.05, 4.69) is 99.2 Å². The first-order valence-electron chi connectivity index (χ1n) is 9.34. The van der Waals surface area contributed by atoms with E-state index in [0.29, 0.717) is 6.61 Å². The Bertz CT molecular complexity index is 686. The van der Waals surface area contributed by atoms with Gasteiger partial charge in [-0.2, -0.15) is 17.0 Å². The third-order valence-corrected chi connectivity index (χ3v) is 10.5. The highest BCUT2D eigenvalue weighted by atomic mass is 32.2. The fourth-order valence-corrected chi connectivity index (χ4v) is 8.66. The van der Waals surface area contributed by atoms with Crippen LogP contribution in [0, 0.1) is 11.5 Å². The molecule has 0 aliphatic carbocycles. The molecule has 0 radical (unpaired) electrons. The van der Waals surface area contributed by atoms with Crippen LogP contribution < -0.4 is 15.7 Å². The molecule has 144 valence electrons. The quantitative estimate of drug-likeness (QED) is 0.397. The molecule has 2 rings (SSSR count). The number of benzene rings is 2. The number of hydrogen-bond donors (Lipinski definition) is 1. The van der Waals surface area contributed by atoms with Gasteiger partial charge in [-0.15, -0.1) is 0 Å². The fourth-order valence-electron chi connectivity index (χ4n) is 3.54. The van der Waals surface area contributed by atoms with Gasteiger partial charge in [0.25, 0.3) is 8.32 Å². The molecule has 0 saturated carbocycles. The van der Waals surface area contributed by atoms with Crippen LogP contribution in [0.2, 0.25) is 5.04 Å². The molecule has 0 unspecified atom stereocenters. The van der Waals surface area contributed by atoms with Crippen molar-refractivity contribution in [2.75, 3.05) is 18.6 Å². The van der Waals surface area contributed by atoms with Crippen molar-refractivity contribution in [3.05, 3.63) is 60.7 Å². The zero-order valence-electron chi connectivity index (χ0n) is 16.7. The van der Waals surface area contributed by atoms with Crippen LogP contribution in [0.25, 0.3) is 0 Å². The molecule has 0 fully saturated rings. The minimum Gasteiger partial charge on any atom is -0.405 e. The Balaban J connectivity index is 2.47. The Hall–Kier alpha value is -1.74. The van der Waals surface area contributed by atoms with E-state index in [1.165, 1.54) is 10.4 Å². The Kier molecular flexibility index (Phi) is 7.97. The van der Waals surface area contributed by atoms with Crippen LogP contribution in [0.4, 0.5) is 0 Å². The summed E-state index contributed by atoms with van der Waals surface area (Å²) in [4.78, 5) is 0. The summed E-state index contributed by atoms with van der Waals surface area (Å²) in [6.07, 6.45) is 5.11. The summed E-state index contributed by atoms with van der Waals surface area (Å²) in [6, 6.07) is 21.3. The van der Waals surface area contributed by atoms with Crippen LogP contribution >= 0.6 is 11.8 Å². The average Bonchev–Trinajstić information content (AvgIpc) is 2.67. The number of nitrogens with zero attached hydrogens (tertiary/aromatic N) is 1. The lowest BCUT2D eigenvalue weighted by Gasteiger charge is -2.43. The molecule has 0 amide bonds. The molecule has 0 aliphatic rings. The van der Waals surface area contributed by atoms with Gasteiger partial charge in [0.15, 0.2) is 6.19 Å². The minimum atomic E-state index is -2.54. The average molecular weight is 399 g/mol. The normalized spacial score (nSPS) is 13.0. The highest BCUT2D eigenvalue weighted by Gasteiger charge is 2.50. The van der Waals surface area contributed by atoms with Gasteiger partial charge in [-0.05, 0) is 33.8 Å². The molecule has 0 heterocycles. The Morgan fingerprint density at radius 3 is 1.96 bits per heavy atom. The second kappa shape index (κ2) is 9.98. The SMILES string of the molecule is CSCC[C@@H](CO[Si](c1ccccc1)(c1ccccc1)C(C)(C)C)NC#N. The summed E-state index contributed by atoms with van der Waals surface area (Å²) in [5.74, 6) is 1.00. The second-order valence-corrected chi connectivity index (χ2v) is 13.0. The Morgan fingerprint density at radius 2 is 1.56 bits per heavy atom. The van der Waals surface area contributed by atoms with E-state index in [1.54, 1.807) is 11.8 Å². The van der Waals surface area contributed by atoms with Crippen LogP contribution in [-0.2, 0) is 4.43 Å². The molecule has 0 spiro atoms. The van der Waals surface area contributed by atoms with Gasteiger partial charge in [-0.25, -0.2) is 0 Å². The summed E-state index contributed by atoms with van der Waals surface area (Å²) in [5, 5.41) is 14.6. The molecule has 2 aromatic carbocycles. The molecule has 0 bridgehead atoms. The van der Waals surface area contributed by atoms with Gasteiger partial charge >= 0.3 is 0 Å². The number of hydrogen-bond acceptors (Lipinski definition) is 4. The number of rotatable bonds is 9. The third kappa shape index (κ3) is 5.16. The summed E-state index contributed by atoms with van der Waals surface area (Å²) < 4.78 is 6.89. The smallest absolute Gasteiger partial charge is 0.261 e. The van der Waals surface area contributed by atoms with E-state index < -0.39 is 8.32 Å². The molecule has 1 N–H and O–H groups in total. The zero-order valence-corrected chi connectivity index (χ0v) is 18.6. The first-order chi connectivity index (χ1) is 13.0. The van der Waals surface area contributed by atoms with Crippen LogP contribution in [0.15, 0.2) is 60.7 Å². The first-order valence-corrected chi connectivity index (χ1v) is 12.6. The lowest BCUT2D eigenvalue weighted by Crippen LogP contribution is -2.67. The van der Waals surface area contributed by atoms with Gasteiger partial charge in [0.05, 0.1) is 12.6 Å². The van der Waals surface area contributed by atoms with E-state index in [0.717, 1.165) is 12.2 Å². The molecule has 0 saturated heterocycles. The van der Waals surface area contributed by atoms with Crippen molar-refractivity contribution >= 4 is 30.5 Å². The summed E-state index contributed by atoms with van der Waals surface area (Å²) in [6.45, 7) is 7.34. The van der Waals surface area contributed by atoms with Crippen molar-refractivity contribution in [1.29, 1.82) is 5.26 Å². The number of nitrogens with one attached hydrogen (secondary N) is 1. The predicted octanol–water partition coefficient (Wildman–Crippen LogP) is 3.76. The van der Waals surface area contributed by atoms with Gasteiger partial charge in [0.2, 0.25) is 0 Å². The zero-order chi connectivity index (χ0) is 19.8. The van der Waals surface area contributed by atoms with E-state index >= 15 is 0 Å². The largest absolute Gasteiger partial charge is 0.405 e. The molecule has 1 atom stereocenters. The lowest BCUT2D eigenvalue weighted by molar-refractivity contribution is 0.257. The third-order valence-electron chi connectivity index (χ3n) is 4.86. The summed E-state index contributed by atoms with van der Waals surface area (Å²) in [7, 11) is -2.54. The van der Waals surface area contributed by atoms with Crippen LogP contribution in [0.1, 0.15) is 27.2 Å². The van der Waals surface area contributed by atoms with Gasteiger partial charge in [0.1, 0.15) is 0 Å². The van der Waals surface area contributed by atoms with Crippen molar-refractivity contribution in [1.82, 2.24) is 5.32 Å². The fraction of sp³-hybridized carbons (Fsp3) is 0.409. The molecule has 3 nitrogen and oxygen atoms in total. The van der Waals surface area contributed by atoms with Gasteiger partial charge in [0, 0.05) is 0 Å². The van der Waals surface area contributed by atoms with Crippen molar-refractivity contribution in [2.24, 2.45) is 0 Å². The van der Waals surface area contributed by atoms with E-state index in [9.17, 15) is 0 Å². The Morgan fingerprint density at radius 1 is 1.04 bits per heavy atom. The first kappa shape index (κ1) is 21.6. The monoisotopic (exact) mass is 398 g/mol. The molecule has 27 heavy (non-hydrogen) atoms. The van der Waals surface area contributed by atoms with Crippen LogP contribution in [-0.4, -0.2) is 33.0 Å². The molecule has 0 aliphatic heterocycles. The van der Waals surface area contributed by atoms with Crippen molar-refractivity contribution in [2.45, 2.75) is 38.3 Å². The summed E-state index contributed by atoms with van der Waals surface area (Å²) in [5.41, 5.74) is 0. The van der Waals surface area contributed by atoms with Crippen LogP contribution in [0.5, 0.6) is 0 Å². The van der Waals surface area contributed by atoms with E-state index in [1.807, 2.05) is 0 Å². The number of thioether (sulfide) groups is 1. The predicted molar refractivity (Wildman–Crippen MR) is 119 cm³/mol. The molecule has 5 heteroatoms. The minimum absolute atomic E-state index is 0.0316. The van der Waals surface area contributed by atoms with E-state index in [-0.39, 0.29) is 11.1 Å². The van der Waals surface area contributed by atoms with Gasteiger partial charge in [-0.1, -0.05) is 81.4 Å². The van der Waals surface area contributed by atoms with Crippen LogP contribution in [0.3, 0.4) is 0 Å². The summed E-state index contributed by atoms with van der Waals surface area (Å²) >= 11 is 1.79. The van der Waals surface area contributed by atoms with Crippen molar-refractivity contribution in [3.63, 3.8) is 0 Å². The lowest BCUT2D eigenvalue weighted by atomic mass is 10.2. The highest BCUT2D eigenvalue weighted by Crippen LogP contribution is 2.36. The maximum atomic E-state index is 9.15. The Labute approximate surface area is 169 Å². The second-order valence-electron chi connectivity index (χ2n) is 7.71. The van der Waals surface area contributed by atoms with E-state index in [4.69, 9.17) is 9.69 Å². The molecule has 2 aromatic rings. The van der Waals surface area contributed by atoms with Crippen molar-refractivity contribution < 1.29 is 4.43 Å². The number of nitriles is 1. The highest BCUT2D eigenvalue weighted by molar-refractivity contribution is 7.98. The van der Waals surface area contributed by atoms with Gasteiger partial charge in [-0.3, -0.25) is 0 Å². The molecule has 0 aromatic heterocycles. The molecular formula is C22H30N2OSSi. The maximum Gasteiger partial charge on any atom is 0.261 e. The van der Waals surface area contributed by atoms with Gasteiger partial charge < -0.3 is 9.74 Å². The van der Waals surface area contributed by atoms with Crippen molar-refractivity contribution in [3.8, 4) is 6.19 Å².